The Hall–Kier alpha value is -2.80. The number of urea groups is 1. The molecule has 6 nitrogen and oxygen atoms in total. The summed E-state index contributed by atoms with van der Waals surface area (Å²) in [5, 5.41) is 2.97. The third-order valence-electron chi connectivity index (χ3n) is 2.60. The second-order valence-electron chi connectivity index (χ2n) is 4.38. The van der Waals surface area contributed by atoms with Crippen molar-refractivity contribution in [1.82, 2.24) is 10.9 Å². The van der Waals surface area contributed by atoms with E-state index in [-0.39, 0.29) is 6.61 Å². The van der Waals surface area contributed by atoms with Gasteiger partial charge >= 0.3 is 6.03 Å². The maximum atomic E-state index is 12.7. The number of halogens is 2. The Morgan fingerprint density at radius 2 is 1.65 bits per heavy atom. The van der Waals surface area contributed by atoms with Crippen molar-refractivity contribution < 1.29 is 18.7 Å². The van der Waals surface area contributed by atoms with Crippen molar-refractivity contribution in [3.8, 4) is 5.75 Å². The maximum Gasteiger partial charge on any atom is 0.337 e. The summed E-state index contributed by atoms with van der Waals surface area (Å²) < 4.78 is 17.9. The van der Waals surface area contributed by atoms with E-state index in [9.17, 15) is 14.0 Å². The zero-order valence-corrected chi connectivity index (χ0v) is 12.6. The summed E-state index contributed by atoms with van der Waals surface area (Å²) in [6.45, 7) is -0.279. The quantitative estimate of drug-likeness (QED) is 0.750. The summed E-state index contributed by atoms with van der Waals surface area (Å²) in [7, 11) is 0. The van der Waals surface area contributed by atoms with Crippen molar-refractivity contribution in [3.63, 3.8) is 0 Å². The lowest BCUT2D eigenvalue weighted by Gasteiger charge is -2.10. The van der Waals surface area contributed by atoms with Gasteiger partial charge in [-0.15, -0.1) is 0 Å². The third-order valence-corrected chi connectivity index (χ3v) is 2.85. The van der Waals surface area contributed by atoms with Gasteiger partial charge in [0.2, 0.25) is 0 Å². The van der Waals surface area contributed by atoms with Crippen LogP contribution in [0.3, 0.4) is 0 Å². The number of hydrogen-bond acceptors (Lipinski definition) is 3. The fraction of sp³-hybridized carbons (Fsp3) is 0.0667. The molecule has 0 aromatic heterocycles. The predicted molar refractivity (Wildman–Crippen MR) is 83.6 cm³/mol. The molecule has 2 rings (SSSR count). The molecule has 0 fully saturated rings. The van der Waals surface area contributed by atoms with Gasteiger partial charge in [0.05, 0.1) is 0 Å². The minimum atomic E-state index is -0.670. The van der Waals surface area contributed by atoms with Crippen molar-refractivity contribution in [2.24, 2.45) is 0 Å². The number of rotatable bonds is 4. The molecule has 0 spiro atoms. The first-order valence-electron chi connectivity index (χ1n) is 6.53. The van der Waals surface area contributed by atoms with E-state index in [1.54, 1.807) is 24.3 Å². The van der Waals surface area contributed by atoms with Crippen LogP contribution in [0.5, 0.6) is 5.75 Å². The normalized spacial score (nSPS) is 9.83. The van der Waals surface area contributed by atoms with E-state index in [0.717, 1.165) is 0 Å². The zero-order chi connectivity index (χ0) is 16.7. The number of amides is 3. The fourth-order valence-corrected chi connectivity index (χ4v) is 1.66. The lowest BCUT2D eigenvalue weighted by molar-refractivity contribution is -0.123. The first kappa shape index (κ1) is 16.6. The van der Waals surface area contributed by atoms with E-state index in [1.165, 1.54) is 24.3 Å². The molecule has 0 radical (unpaired) electrons. The predicted octanol–water partition coefficient (Wildman–Crippen LogP) is 2.71. The van der Waals surface area contributed by atoms with Crippen molar-refractivity contribution in [1.29, 1.82) is 0 Å². The third kappa shape index (κ3) is 5.84. The second-order valence-corrected chi connectivity index (χ2v) is 4.81. The molecule has 8 heteroatoms. The molecule has 0 aliphatic rings. The average Bonchev–Trinajstić information content (AvgIpc) is 2.54. The number of benzene rings is 2. The van der Waals surface area contributed by atoms with Crippen LogP contribution in [0.1, 0.15) is 0 Å². The van der Waals surface area contributed by atoms with Gasteiger partial charge in [-0.3, -0.25) is 10.2 Å². The number of nitrogens with one attached hydrogen (secondary N) is 3. The number of hydrazine groups is 1. The first-order chi connectivity index (χ1) is 11.0. The van der Waals surface area contributed by atoms with Crippen molar-refractivity contribution in [2.45, 2.75) is 0 Å². The first-order valence-corrected chi connectivity index (χ1v) is 6.90. The van der Waals surface area contributed by atoms with Crippen LogP contribution < -0.4 is 20.9 Å². The highest BCUT2D eigenvalue weighted by molar-refractivity contribution is 6.30. The summed E-state index contributed by atoms with van der Waals surface area (Å²) in [4.78, 5) is 23.1. The molecule has 0 bridgehead atoms. The number of carbonyl (C=O) groups excluding carboxylic acids is 2. The molecule has 2 aromatic rings. The van der Waals surface area contributed by atoms with Crippen LogP contribution in [0.4, 0.5) is 14.9 Å². The van der Waals surface area contributed by atoms with Gasteiger partial charge < -0.3 is 10.1 Å². The van der Waals surface area contributed by atoms with E-state index < -0.39 is 17.8 Å². The highest BCUT2D eigenvalue weighted by Crippen LogP contribution is 2.15. The van der Waals surface area contributed by atoms with Crippen LogP contribution in [-0.4, -0.2) is 18.5 Å². The van der Waals surface area contributed by atoms with Gasteiger partial charge in [-0.05, 0) is 48.5 Å². The molecule has 0 unspecified atom stereocenters. The largest absolute Gasteiger partial charge is 0.484 e. The summed E-state index contributed by atoms with van der Waals surface area (Å²) >= 11 is 5.72. The fourth-order valence-electron chi connectivity index (χ4n) is 1.54. The minimum absolute atomic E-state index is 0.279. The molecule has 0 aliphatic carbocycles. The van der Waals surface area contributed by atoms with Crippen LogP contribution in [0, 0.1) is 5.82 Å². The molecule has 0 atom stereocenters. The Kier molecular flexibility index (Phi) is 5.76. The molecule has 3 amide bonds. The van der Waals surface area contributed by atoms with E-state index in [2.05, 4.69) is 16.2 Å². The lowest BCUT2D eigenvalue weighted by atomic mass is 10.3. The number of carbonyl (C=O) groups is 2. The summed E-state index contributed by atoms with van der Waals surface area (Å²) in [5.41, 5.74) is 4.70. The van der Waals surface area contributed by atoms with Crippen LogP contribution >= 0.6 is 11.6 Å². The number of hydrogen-bond donors (Lipinski definition) is 3. The summed E-state index contributed by atoms with van der Waals surface area (Å²) in [6, 6.07) is 11.0. The molecular weight excluding hydrogens is 325 g/mol. The Labute approximate surface area is 136 Å². The Balaban J connectivity index is 1.70. The highest BCUT2D eigenvalue weighted by Gasteiger charge is 2.06. The smallest absolute Gasteiger partial charge is 0.337 e. The number of ether oxygens (including phenoxy) is 1. The highest BCUT2D eigenvalue weighted by atomic mass is 35.5. The molecule has 0 saturated carbocycles. The SMILES string of the molecule is O=C(COc1ccc(Cl)cc1)NNC(=O)Nc1ccc(F)cc1. The topological polar surface area (TPSA) is 79.5 Å². The van der Waals surface area contributed by atoms with Gasteiger partial charge in [0.15, 0.2) is 6.61 Å². The Morgan fingerprint density at radius 3 is 2.30 bits per heavy atom. The van der Waals surface area contributed by atoms with E-state index in [0.29, 0.717) is 16.5 Å². The van der Waals surface area contributed by atoms with Gasteiger partial charge in [0, 0.05) is 10.7 Å². The lowest BCUT2D eigenvalue weighted by Crippen LogP contribution is -2.45. The molecule has 120 valence electrons. The van der Waals surface area contributed by atoms with E-state index >= 15 is 0 Å². The monoisotopic (exact) mass is 337 g/mol. The van der Waals surface area contributed by atoms with Crippen molar-refractivity contribution in [3.05, 3.63) is 59.4 Å². The Morgan fingerprint density at radius 1 is 1.00 bits per heavy atom. The summed E-state index contributed by atoms with van der Waals surface area (Å²) in [5.74, 6) is -0.488. The van der Waals surface area contributed by atoms with Crippen molar-refractivity contribution >= 4 is 29.2 Å². The van der Waals surface area contributed by atoms with Gasteiger partial charge in [-0.25, -0.2) is 14.6 Å². The average molecular weight is 338 g/mol. The maximum absolute atomic E-state index is 12.7. The van der Waals surface area contributed by atoms with Gasteiger partial charge in [0.1, 0.15) is 11.6 Å². The number of anilines is 1. The van der Waals surface area contributed by atoms with E-state index in [1.807, 2.05) is 0 Å². The van der Waals surface area contributed by atoms with E-state index in [4.69, 9.17) is 16.3 Å². The van der Waals surface area contributed by atoms with Crippen LogP contribution in [0.25, 0.3) is 0 Å². The molecule has 0 aliphatic heterocycles. The molecule has 0 saturated heterocycles. The van der Waals surface area contributed by atoms with Crippen molar-refractivity contribution in [2.75, 3.05) is 11.9 Å². The van der Waals surface area contributed by atoms with Crippen LogP contribution in [0.2, 0.25) is 5.02 Å². The Bertz CT molecular complexity index is 677. The van der Waals surface area contributed by atoms with Gasteiger partial charge in [-0.1, -0.05) is 11.6 Å². The summed E-state index contributed by atoms with van der Waals surface area (Å²) in [6.07, 6.45) is 0. The zero-order valence-electron chi connectivity index (χ0n) is 11.8. The standard InChI is InChI=1S/C15H13ClFN3O3/c16-10-1-7-13(8-2-10)23-9-14(21)19-20-15(22)18-12-5-3-11(17)4-6-12/h1-8H,9H2,(H,19,21)(H2,18,20,22). The molecule has 0 heterocycles. The molecule has 2 aromatic carbocycles. The molecule has 23 heavy (non-hydrogen) atoms. The van der Waals surface area contributed by atoms with Crippen LogP contribution in [0.15, 0.2) is 48.5 Å². The van der Waals surface area contributed by atoms with Gasteiger partial charge in [-0.2, -0.15) is 0 Å². The van der Waals surface area contributed by atoms with Crippen LogP contribution in [-0.2, 0) is 4.79 Å². The minimum Gasteiger partial charge on any atom is -0.484 e. The second kappa shape index (κ2) is 8.00. The van der Waals surface area contributed by atoms with Gasteiger partial charge in [0.25, 0.3) is 5.91 Å². The molecular formula is C15H13ClFN3O3. The molecule has 3 N–H and O–H groups in total.